The van der Waals surface area contributed by atoms with Gasteiger partial charge in [-0.1, -0.05) is 47.5 Å². The quantitative estimate of drug-likeness (QED) is 0.462. The second-order valence-corrected chi connectivity index (χ2v) is 6.17. The van der Waals surface area contributed by atoms with E-state index in [0.29, 0.717) is 26.4 Å². The second-order valence-electron chi connectivity index (χ2n) is 5.36. The molecule has 3 rings (SSSR count). The highest BCUT2D eigenvalue weighted by Crippen LogP contribution is 2.25. The second kappa shape index (κ2) is 8.03. The normalized spacial score (nSPS) is 10.9. The van der Waals surface area contributed by atoms with Gasteiger partial charge in [0.15, 0.2) is 5.69 Å². The summed E-state index contributed by atoms with van der Waals surface area (Å²) in [7, 11) is 0. The summed E-state index contributed by atoms with van der Waals surface area (Å²) < 4.78 is 0. The van der Waals surface area contributed by atoms with E-state index in [1.807, 2.05) is 0 Å². The highest BCUT2D eigenvalue weighted by atomic mass is 35.5. The van der Waals surface area contributed by atoms with Crippen molar-refractivity contribution in [3.63, 3.8) is 0 Å². The van der Waals surface area contributed by atoms with E-state index in [1.165, 1.54) is 12.2 Å². The fraction of sp³-hybridized carbons (Fsp3) is 0. The number of hydrazine groups is 1. The molecule has 136 valence electrons. The minimum atomic E-state index is -0.681. The van der Waals surface area contributed by atoms with Gasteiger partial charge in [-0.25, -0.2) is 5.10 Å². The number of amides is 2. The maximum atomic E-state index is 12.3. The summed E-state index contributed by atoms with van der Waals surface area (Å²) in [5, 5.41) is 7.46. The number of benzene rings is 2. The highest BCUT2D eigenvalue weighted by Gasteiger charge is 2.14. The van der Waals surface area contributed by atoms with Crippen molar-refractivity contribution >= 4 is 51.9 Å². The molecule has 0 saturated heterocycles. The summed E-state index contributed by atoms with van der Waals surface area (Å²) in [5.74, 6) is -1.28. The molecule has 0 radical (unpaired) electrons. The van der Waals surface area contributed by atoms with Gasteiger partial charge in [0.25, 0.3) is 17.4 Å². The van der Waals surface area contributed by atoms with Gasteiger partial charge >= 0.3 is 0 Å². The van der Waals surface area contributed by atoms with E-state index in [9.17, 15) is 14.4 Å². The van der Waals surface area contributed by atoms with Crippen molar-refractivity contribution in [2.45, 2.75) is 0 Å². The first-order chi connectivity index (χ1) is 13.0. The lowest BCUT2D eigenvalue weighted by molar-refractivity contribution is -0.117. The van der Waals surface area contributed by atoms with E-state index < -0.39 is 17.4 Å². The van der Waals surface area contributed by atoms with Crippen LogP contribution in [0.1, 0.15) is 16.1 Å². The van der Waals surface area contributed by atoms with Crippen LogP contribution in [0.2, 0.25) is 10.0 Å². The topological polar surface area (TPSA) is 104 Å². The number of hydrogen-bond donors (Lipinski definition) is 3. The Kier molecular flexibility index (Phi) is 5.54. The first kappa shape index (κ1) is 18.6. The standard InChI is InChI=1S/C18H12Cl2N4O3/c19-13-6-3-7-14(20)12(13)8-9-15(25)21-24-18(27)16-10-4-1-2-5-11(10)17(26)23-22-16/h1-9H,(H,21,25)(H,23,26)(H,24,27)/b9-8+. The zero-order chi connectivity index (χ0) is 19.4. The fourth-order valence-electron chi connectivity index (χ4n) is 2.34. The van der Waals surface area contributed by atoms with Gasteiger partial charge < -0.3 is 0 Å². The Balaban J connectivity index is 1.71. The third-order valence-corrected chi connectivity index (χ3v) is 4.27. The Labute approximate surface area is 163 Å². The predicted octanol–water partition coefficient (Wildman–Crippen LogP) is 2.70. The molecule has 0 aliphatic rings. The van der Waals surface area contributed by atoms with Crippen LogP contribution in [-0.2, 0) is 4.79 Å². The summed E-state index contributed by atoms with van der Waals surface area (Å²) in [5.41, 5.74) is 4.51. The summed E-state index contributed by atoms with van der Waals surface area (Å²) in [4.78, 5) is 35.9. The Morgan fingerprint density at radius 3 is 2.33 bits per heavy atom. The zero-order valence-corrected chi connectivity index (χ0v) is 15.1. The van der Waals surface area contributed by atoms with Crippen LogP contribution in [0, 0.1) is 0 Å². The van der Waals surface area contributed by atoms with Crippen molar-refractivity contribution in [2.24, 2.45) is 0 Å². The molecular weight excluding hydrogens is 391 g/mol. The van der Waals surface area contributed by atoms with Gasteiger partial charge in [0.2, 0.25) is 0 Å². The summed E-state index contributed by atoms with van der Waals surface area (Å²) >= 11 is 12.0. The molecule has 3 N–H and O–H groups in total. The lowest BCUT2D eigenvalue weighted by Gasteiger charge is -2.07. The van der Waals surface area contributed by atoms with Gasteiger partial charge in [0.1, 0.15) is 0 Å². The lowest BCUT2D eigenvalue weighted by Crippen LogP contribution is -2.41. The predicted molar refractivity (Wildman–Crippen MR) is 103 cm³/mol. The zero-order valence-electron chi connectivity index (χ0n) is 13.6. The molecule has 1 aromatic heterocycles. The number of rotatable bonds is 3. The number of halogens is 2. The van der Waals surface area contributed by atoms with E-state index in [-0.39, 0.29) is 5.69 Å². The monoisotopic (exact) mass is 402 g/mol. The molecule has 0 atom stereocenters. The van der Waals surface area contributed by atoms with Crippen LogP contribution in [0.4, 0.5) is 0 Å². The largest absolute Gasteiger partial charge is 0.290 e. The van der Waals surface area contributed by atoms with Crippen molar-refractivity contribution in [3.8, 4) is 0 Å². The first-order valence-corrected chi connectivity index (χ1v) is 8.43. The first-order valence-electron chi connectivity index (χ1n) is 7.67. The number of nitrogens with zero attached hydrogens (tertiary/aromatic N) is 1. The SMILES string of the molecule is O=C(/C=C/c1c(Cl)cccc1Cl)NNC(=O)c1n[nH]c(=O)c2ccccc12. The molecule has 0 saturated carbocycles. The molecule has 9 heteroatoms. The van der Waals surface area contributed by atoms with Gasteiger partial charge in [-0.3, -0.25) is 25.2 Å². The molecule has 0 aliphatic carbocycles. The molecular formula is C18H12Cl2N4O3. The van der Waals surface area contributed by atoms with Crippen molar-refractivity contribution in [1.82, 2.24) is 21.0 Å². The van der Waals surface area contributed by atoms with E-state index in [2.05, 4.69) is 21.0 Å². The number of aromatic amines is 1. The van der Waals surface area contributed by atoms with E-state index in [1.54, 1.807) is 42.5 Å². The maximum Gasteiger partial charge on any atom is 0.290 e. The van der Waals surface area contributed by atoms with Crippen LogP contribution in [0.5, 0.6) is 0 Å². The number of H-pyrrole nitrogens is 1. The molecule has 0 bridgehead atoms. The Hall–Kier alpha value is -3.16. The average Bonchev–Trinajstić information content (AvgIpc) is 2.66. The van der Waals surface area contributed by atoms with Crippen LogP contribution in [0.3, 0.4) is 0 Å². The number of carbonyl (C=O) groups is 2. The van der Waals surface area contributed by atoms with Crippen molar-refractivity contribution < 1.29 is 9.59 Å². The molecule has 0 aliphatic heterocycles. The molecule has 2 amide bonds. The Bertz CT molecular complexity index is 1100. The Morgan fingerprint density at radius 1 is 0.963 bits per heavy atom. The van der Waals surface area contributed by atoms with E-state index >= 15 is 0 Å². The third-order valence-electron chi connectivity index (χ3n) is 3.61. The number of aromatic nitrogens is 2. The van der Waals surface area contributed by atoms with Crippen LogP contribution in [-0.4, -0.2) is 22.0 Å². The molecule has 0 fully saturated rings. The van der Waals surface area contributed by atoms with Gasteiger partial charge in [0.05, 0.1) is 5.39 Å². The van der Waals surface area contributed by atoms with E-state index in [4.69, 9.17) is 23.2 Å². The minimum absolute atomic E-state index is 0.0244. The molecule has 0 spiro atoms. The smallest absolute Gasteiger partial charge is 0.268 e. The van der Waals surface area contributed by atoms with Crippen LogP contribution < -0.4 is 16.4 Å². The average molecular weight is 403 g/mol. The van der Waals surface area contributed by atoms with Crippen LogP contribution in [0.15, 0.2) is 53.3 Å². The summed E-state index contributed by atoms with van der Waals surface area (Å²) in [6.45, 7) is 0. The molecule has 3 aromatic rings. The van der Waals surface area contributed by atoms with Gasteiger partial charge in [-0.15, -0.1) is 0 Å². The number of fused-ring (bicyclic) bond motifs is 1. The Morgan fingerprint density at radius 2 is 1.63 bits per heavy atom. The fourth-order valence-corrected chi connectivity index (χ4v) is 2.86. The van der Waals surface area contributed by atoms with Crippen LogP contribution >= 0.6 is 23.2 Å². The molecule has 0 unspecified atom stereocenters. The number of hydrogen-bond acceptors (Lipinski definition) is 4. The summed E-state index contributed by atoms with van der Waals surface area (Å²) in [6.07, 6.45) is 2.60. The summed E-state index contributed by atoms with van der Waals surface area (Å²) in [6, 6.07) is 11.5. The number of nitrogens with one attached hydrogen (secondary N) is 3. The van der Waals surface area contributed by atoms with Crippen molar-refractivity contribution in [1.29, 1.82) is 0 Å². The van der Waals surface area contributed by atoms with E-state index in [0.717, 1.165) is 0 Å². The van der Waals surface area contributed by atoms with Crippen molar-refractivity contribution in [2.75, 3.05) is 0 Å². The van der Waals surface area contributed by atoms with Gasteiger partial charge in [0, 0.05) is 27.1 Å². The highest BCUT2D eigenvalue weighted by molar-refractivity contribution is 6.37. The molecule has 1 heterocycles. The van der Waals surface area contributed by atoms with Crippen LogP contribution in [0.25, 0.3) is 16.8 Å². The maximum absolute atomic E-state index is 12.3. The van der Waals surface area contributed by atoms with Gasteiger partial charge in [-0.2, -0.15) is 5.10 Å². The minimum Gasteiger partial charge on any atom is -0.268 e. The van der Waals surface area contributed by atoms with Crippen molar-refractivity contribution in [3.05, 3.63) is 80.2 Å². The lowest BCUT2D eigenvalue weighted by atomic mass is 10.1. The molecule has 7 nitrogen and oxygen atoms in total. The molecule has 27 heavy (non-hydrogen) atoms. The van der Waals surface area contributed by atoms with Gasteiger partial charge in [-0.05, 0) is 24.3 Å². The third kappa shape index (κ3) is 4.16. The molecule has 2 aromatic carbocycles. The number of carbonyl (C=O) groups excluding carboxylic acids is 2.